The fourth-order valence-corrected chi connectivity index (χ4v) is 2.74. The fraction of sp³-hybridized carbons (Fsp3) is 0.421. The van der Waals surface area contributed by atoms with E-state index >= 15 is 0 Å². The number of aromatic nitrogens is 3. The van der Waals surface area contributed by atoms with Crippen molar-refractivity contribution in [3.05, 3.63) is 47.5 Å². The van der Waals surface area contributed by atoms with E-state index in [1.165, 1.54) is 0 Å². The van der Waals surface area contributed by atoms with Crippen molar-refractivity contribution in [3.8, 4) is 0 Å². The molecule has 27 heavy (non-hydrogen) atoms. The van der Waals surface area contributed by atoms with Crippen LogP contribution in [0.2, 0.25) is 0 Å². The first-order valence-corrected chi connectivity index (χ1v) is 8.93. The molecule has 0 saturated heterocycles. The van der Waals surface area contributed by atoms with Gasteiger partial charge < -0.3 is 10.1 Å². The Labute approximate surface area is 157 Å². The van der Waals surface area contributed by atoms with Gasteiger partial charge in [0.1, 0.15) is 11.2 Å². The van der Waals surface area contributed by atoms with Gasteiger partial charge in [-0.25, -0.2) is 9.79 Å². The van der Waals surface area contributed by atoms with Crippen molar-refractivity contribution in [2.45, 2.75) is 39.2 Å². The van der Waals surface area contributed by atoms with Gasteiger partial charge in [0, 0.05) is 12.4 Å². The van der Waals surface area contributed by atoms with Crippen LogP contribution >= 0.6 is 0 Å². The van der Waals surface area contributed by atoms with Gasteiger partial charge in [-0.05, 0) is 43.4 Å². The fourth-order valence-electron chi connectivity index (χ4n) is 2.74. The number of aromatic amines is 1. The van der Waals surface area contributed by atoms with Crippen molar-refractivity contribution in [1.29, 1.82) is 0 Å². The maximum Gasteiger partial charge on any atom is 0.340 e. The van der Waals surface area contributed by atoms with Crippen LogP contribution in [0.1, 0.15) is 48.8 Å². The number of nitrogens with one attached hydrogen (secondary N) is 2. The van der Waals surface area contributed by atoms with Gasteiger partial charge in [-0.1, -0.05) is 13.8 Å². The van der Waals surface area contributed by atoms with Crippen LogP contribution < -0.4 is 5.32 Å². The largest absolute Gasteiger partial charge is 0.462 e. The lowest BCUT2D eigenvalue weighted by molar-refractivity contribution is -0.124. The molecule has 0 fully saturated rings. The minimum atomic E-state index is -0.876. The SMILES string of the molecule is CC(C)C1(C)N=C(c2ncccc2C(=O)OCCCc2cn[nH]c2)NC1=O. The van der Waals surface area contributed by atoms with Crippen molar-refractivity contribution < 1.29 is 14.3 Å². The van der Waals surface area contributed by atoms with Crippen LogP contribution in [0.25, 0.3) is 0 Å². The van der Waals surface area contributed by atoms with Gasteiger partial charge in [0.15, 0.2) is 5.84 Å². The molecule has 0 aliphatic carbocycles. The maximum atomic E-state index is 12.5. The minimum absolute atomic E-state index is 0.0111. The molecule has 1 atom stereocenters. The van der Waals surface area contributed by atoms with Gasteiger partial charge in [0.05, 0.1) is 18.4 Å². The monoisotopic (exact) mass is 369 g/mol. The summed E-state index contributed by atoms with van der Waals surface area (Å²) in [5.74, 6) is -0.364. The van der Waals surface area contributed by atoms with Crippen LogP contribution in [-0.2, 0) is 16.0 Å². The molecule has 8 nitrogen and oxygen atoms in total. The lowest BCUT2D eigenvalue weighted by Crippen LogP contribution is -2.41. The highest BCUT2D eigenvalue weighted by Crippen LogP contribution is 2.27. The summed E-state index contributed by atoms with van der Waals surface area (Å²) >= 11 is 0. The Bertz CT molecular complexity index is 860. The Morgan fingerprint density at radius 2 is 2.19 bits per heavy atom. The zero-order valence-electron chi connectivity index (χ0n) is 15.7. The van der Waals surface area contributed by atoms with Gasteiger partial charge in [-0.2, -0.15) is 5.10 Å². The smallest absolute Gasteiger partial charge is 0.340 e. The molecule has 3 rings (SSSR count). The van der Waals surface area contributed by atoms with Crippen LogP contribution in [0.5, 0.6) is 0 Å². The Hall–Kier alpha value is -3.03. The van der Waals surface area contributed by atoms with Crippen LogP contribution in [-0.4, -0.2) is 45.0 Å². The van der Waals surface area contributed by atoms with Crippen LogP contribution in [0.15, 0.2) is 35.7 Å². The number of ether oxygens (including phenoxy) is 1. The Morgan fingerprint density at radius 3 is 2.85 bits per heavy atom. The summed E-state index contributed by atoms with van der Waals surface area (Å²) in [6.07, 6.45) is 6.56. The number of amides is 1. The number of hydrogen-bond acceptors (Lipinski definition) is 6. The Morgan fingerprint density at radius 1 is 1.37 bits per heavy atom. The first-order chi connectivity index (χ1) is 12.9. The third-order valence-corrected chi connectivity index (χ3v) is 4.81. The summed E-state index contributed by atoms with van der Waals surface area (Å²) in [5.41, 5.74) is 0.797. The number of rotatable bonds is 7. The lowest BCUT2D eigenvalue weighted by atomic mass is 9.89. The van der Waals surface area contributed by atoms with Crippen LogP contribution in [0.3, 0.4) is 0 Å². The van der Waals surface area contributed by atoms with E-state index in [0.717, 1.165) is 12.0 Å². The van der Waals surface area contributed by atoms with Crippen molar-refractivity contribution in [1.82, 2.24) is 20.5 Å². The van der Waals surface area contributed by atoms with E-state index in [2.05, 4.69) is 25.5 Å². The summed E-state index contributed by atoms with van der Waals surface area (Å²) in [5, 5.41) is 9.38. The molecule has 1 unspecified atom stereocenters. The maximum absolute atomic E-state index is 12.5. The first-order valence-electron chi connectivity index (χ1n) is 8.93. The molecule has 0 bridgehead atoms. The topological polar surface area (TPSA) is 109 Å². The summed E-state index contributed by atoms with van der Waals surface area (Å²) in [6, 6.07) is 3.28. The second kappa shape index (κ2) is 7.69. The summed E-state index contributed by atoms with van der Waals surface area (Å²) in [6.45, 7) is 5.91. The summed E-state index contributed by atoms with van der Waals surface area (Å²) in [4.78, 5) is 33.6. The summed E-state index contributed by atoms with van der Waals surface area (Å²) in [7, 11) is 0. The quantitative estimate of drug-likeness (QED) is 0.572. The number of carbonyl (C=O) groups is 2. The molecule has 8 heteroatoms. The molecule has 0 radical (unpaired) electrons. The zero-order valence-corrected chi connectivity index (χ0v) is 15.7. The number of esters is 1. The highest BCUT2D eigenvalue weighted by Gasteiger charge is 2.43. The van der Waals surface area contributed by atoms with Gasteiger partial charge in [0.2, 0.25) is 0 Å². The van der Waals surface area contributed by atoms with E-state index in [4.69, 9.17) is 4.74 Å². The standard InChI is InChI=1S/C19H23N5O3/c1-12(2)19(3)18(26)23-16(24-19)15-14(7-4-8-20-15)17(25)27-9-5-6-13-10-21-22-11-13/h4,7-8,10-12H,5-6,9H2,1-3H3,(H,21,22)(H,23,24,26). The summed E-state index contributed by atoms with van der Waals surface area (Å²) < 4.78 is 5.38. The van der Waals surface area contributed by atoms with E-state index in [9.17, 15) is 9.59 Å². The molecule has 2 N–H and O–H groups in total. The van der Waals surface area contributed by atoms with E-state index in [0.29, 0.717) is 18.0 Å². The third kappa shape index (κ3) is 3.89. The molecule has 0 saturated carbocycles. The molecule has 3 heterocycles. The van der Waals surface area contributed by atoms with E-state index < -0.39 is 11.5 Å². The van der Waals surface area contributed by atoms with Gasteiger partial charge >= 0.3 is 5.97 Å². The van der Waals surface area contributed by atoms with Gasteiger partial charge in [0.25, 0.3) is 5.91 Å². The predicted molar refractivity (Wildman–Crippen MR) is 99.4 cm³/mol. The Kier molecular flexibility index (Phi) is 5.34. The molecule has 1 aliphatic rings. The first kappa shape index (κ1) is 18.8. The van der Waals surface area contributed by atoms with Crippen LogP contribution in [0, 0.1) is 5.92 Å². The average molecular weight is 369 g/mol. The van der Waals surface area contributed by atoms with Gasteiger partial charge in [-0.15, -0.1) is 0 Å². The molecule has 1 amide bonds. The van der Waals surface area contributed by atoms with E-state index in [1.807, 2.05) is 20.0 Å². The Balaban J connectivity index is 1.70. The highest BCUT2D eigenvalue weighted by atomic mass is 16.5. The van der Waals surface area contributed by atoms with E-state index in [-0.39, 0.29) is 24.0 Å². The highest BCUT2D eigenvalue weighted by molar-refractivity contribution is 6.17. The number of aryl methyl sites for hydroxylation is 1. The number of H-pyrrole nitrogens is 1. The van der Waals surface area contributed by atoms with Gasteiger partial charge in [-0.3, -0.25) is 14.9 Å². The molecule has 2 aromatic heterocycles. The van der Waals surface area contributed by atoms with Crippen molar-refractivity contribution in [2.75, 3.05) is 6.61 Å². The number of amidine groups is 1. The molecular formula is C19H23N5O3. The predicted octanol–water partition coefficient (Wildman–Crippen LogP) is 1.89. The van der Waals surface area contributed by atoms with Crippen molar-refractivity contribution >= 4 is 17.7 Å². The molecule has 2 aromatic rings. The lowest BCUT2D eigenvalue weighted by Gasteiger charge is -2.21. The number of hydrogen-bond donors (Lipinski definition) is 2. The molecule has 142 valence electrons. The molecule has 1 aliphatic heterocycles. The second-order valence-electron chi connectivity index (χ2n) is 6.96. The number of carbonyl (C=O) groups excluding carboxylic acids is 2. The minimum Gasteiger partial charge on any atom is -0.462 e. The van der Waals surface area contributed by atoms with Crippen LogP contribution in [0.4, 0.5) is 0 Å². The molecular weight excluding hydrogens is 346 g/mol. The average Bonchev–Trinajstić information content (AvgIpc) is 3.27. The third-order valence-electron chi connectivity index (χ3n) is 4.81. The normalized spacial score (nSPS) is 19.1. The zero-order chi connectivity index (χ0) is 19.4. The second-order valence-corrected chi connectivity index (χ2v) is 6.96. The van der Waals surface area contributed by atoms with Crippen molar-refractivity contribution in [3.63, 3.8) is 0 Å². The number of pyridine rings is 1. The number of nitrogens with zero attached hydrogens (tertiary/aromatic N) is 3. The van der Waals surface area contributed by atoms with Crippen molar-refractivity contribution in [2.24, 2.45) is 10.9 Å². The molecule has 0 spiro atoms. The molecule has 0 aromatic carbocycles. The number of aliphatic imine (C=N–C) groups is 1. The van der Waals surface area contributed by atoms with E-state index in [1.54, 1.807) is 31.5 Å².